The number of hydrogen-bond donors (Lipinski definition) is 0. The van der Waals surface area contributed by atoms with Crippen molar-refractivity contribution >= 4 is 5.91 Å². The Morgan fingerprint density at radius 2 is 2.05 bits per heavy atom. The van der Waals surface area contributed by atoms with Crippen LogP contribution in [0.25, 0.3) is 0 Å². The molecule has 1 aromatic carbocycles. The van der Waals surface area contributed by atoms with Gasteiger partial charge in [-0.2, -0.15) is 0 Å². The van der Waals surface area contributed by atoms with Crippen molar-refractivity contribution in [2.75, 3.05) is 6.54 Å². The summed E-state index contributed by atoms with van der Waals surface area (Å²) in [4.78, 5) is 17.9. The highest BCUT2D eigenvalue weighted by Gasteiger charge is 2.30. The van der Waals surface area contributed by atoms with E-state index in [9.17, 15) is 9.18 Å². The lowest BCUT2D eigenvalue weighted by molar-refractivity contribution is -0.128. The summed E-state index contributed by atoms with van der Waals surface area (Å²) in [5.74, 6) is -0.0429. The average Bonchev–Trinajstić information content (AvgIpc) is 2.81. The van der Waals surface area contributed by atoms with Crippen molar-refractivity contribution in [3.8, 4) is 0 Å². The maximum absolute atomic E-state index is 13.3. The maximum Gasteiger partial charge on any atom is 0.223 e. The second-order valence-corrected chi connectivity index (χ2v) is 5.09. The lowest BCUT2D eigenvalue weighted by Gasteiger charge is -2.16. The molecule has 2 heterocycles. The Bertz CT molecular complexity index is 615. The van der Waals surface area contributed by atoms with E-state index in [-0.39, 0.29) is 17.6 Å². The van der Waals surface area contributed by atoms with Crippen LogP contribution in [0, 0.1) is 5.82 Å². The molecule has 0 N–H and O–H groups in total. The Morgan fingerprint density at radius 3 is 2.80 bits per heavy atom. The summed E-state index contributed by atoms with van der Waals surface area (Å²) in [7, 11) is 0. The van der Waals surface area contributed by atoms with Gasteiger partial charge in [0.25, 0.3) is 0 Å². The number of nitrogens with zero attached hydrogens (tertiary/aromatic N) is 2. The Balaban J connectivity index is 1.72. The van der Waals surface area contributed by atoms with Gasteiger partial charge in [0, 0.05) is 37.8 Å². The molecule has 2 aromatic rings. The van der Waals surface area contributed by atoms with Crippen LogP contribution >= 0.6 is 0 Å². The van der Waals surface area contributed by atoms with Crippen molar-refractivity contribution < 1.29 is 9.18 Å². The summed E-state index contributed by atoms with van der Waals surface area (Å²) < 4.78 is 13.3. The van der Waals surface area contributed by atoms with Gasteiger partial charge in [-0.15, -0.1) is 0 Å². The molecular weight excluding hydrogens is 255 g/mol. The number of amides is 1. The third-order valence-corrected chi connectivity index (χ3v) is 3.66. The van der Waals surface area contributed by atoms with Crippen LogP contribution in [-0.4, -0.2) is 22.3 Å². The summed E-state index contributed by atoms with van der Waals surface area (Å²) >= 11 is 0. The molecule has 1 unspecified atom stereocenters. The molecule has 1 aliphatic heterocycles. The lowest BCUT2D eigenvalue weighted by atomic mass is 9.98. The molecule has 0 saturated carbocycles. The smallest absolute Gasteiger partial charge is 0.223 e. The van der Waals surface area contributed by atoms with Gasteiger partial charge in [0.15, 0.2) is 0 Å². The Kier molecular flexibility index (Phi) is 3.46. The molecule has 1 amide bonds. The van der Waals surface area contributed by atoms with Gasteiger partial charge >= 0.3 is 0 Å². The van der Waals surface area contributed by atoms with Crippen LogP contribution < -0.4 is 0 Å². The summed E-state index contributed by atoms with van der Waals surface area (Å²) in [6, 6.07) is 10.3. The first kappa shape index (κ1) is 12.8. The van der Waals surface area contributed by atoms with Gasteiger partial charge in [-0.25, -0.2) is 4.39 Å². The molecule has 0 spiro atoms. The first-order valence-electron chi connectivity index (χ1n) is 6.64. The molecule has 0 radical (unpaired) electrons. The highest BCUT2D eigenvalue weighted by molar-refractivity contribution is 5.79. The first-order valence-corrected chi connectivity index (χ1v) is 6.64. The number of carbonyl (C=O) groups excluding carboxylic acids is 1. The maximum atomic E-state index is 13.3. The Labute approximate surface area is 117 Å². The standard InChI is InChI=1S/C16H15FN2O/c17-15-3-1-2-13(8-15)14-9-16(20)19(11-14)10-12-4-6-18-7-5-12/h1-8,14H,9-11H2. The summed E-state index contributed by atoms with van der Waals surface area (Å²) in [5.41, 5.74) is 1.96. The second-order valence-electron chi connectivity index (χ2n) is 5.09. The molecule has 1 aromatic heterocycles. The predicted octanol–water partition coefficient (Wildman–Crippen LogP) is 2.74. The van der Waals surface area contributed by atoms with Gasteiger partial charge in [-0.05, 0) is 35.4 Å². The van der Waals surface area contributed by atoms with E-state index in [4.69, 9.17) is 0 Å². The van der Waals surface area contributed by atoms with Crippen molar-refractivity contribution in [2.45, 2.75) is 18.9 Å². The van der Waals surface area contributed by atoms with Crippen molar-refractivity contribution in [1.29, 1.82) is 0 Å². The van der Waals surface area contributed by atoms with Crippen molar-refractivity contribution in [3.63, 3.8) is 0 Å². The van der Waals surface area contributed by atoms with Crippen LogP contribution in [0.1, 0.15) is 23.5 Å². The zero-order valence-electron chi connectivity index (χ0n) is 11.0. The molecule has 1 fully saturated rings. The number of hydrogen-bond acceptors (Lipinski definition) is 2. The molecule has 0 aliphatic carbocycles. The number of halogens is 1. The van der Waals surface area contributed by atoms with Crippen molar-refractivity contribution in [1.82, 2.24) is 9.88 Å². The van der Waals surface area contributed by atoms with Crippen LogP contribution in [0.3, 0.4) is 0 Å². The zero-order valence-corrected chi connectivity index (χ0v) is 11.0. The van der Waals surface area contributed by atoms with Gasteiger partial charge in [-0.1, -0.05) is 12.1 Å². The van der Waals surface area contributed by atoms with Gasteiger partial charge in [-0.3, -0.25) is 9.78 Å². The molecule has 1 aliphatic rings. The second kappa shape index (κ2) is 5.41. The highest BCUT2D eigenvalue weighted by atomic mass is 19.1. The molecule has 3 nitrogen and oxygen atoms in total. The van der Waals surface area contributed by atoms with E-state index in [2.05, 4.69) is 4.98 Å². The van der Waals surface area contributed by atoms with Gasteiger partial charge < -0.3 is 4.90 Å². The van der Waals surface area contributed by atoms with E-state index < -0.39 is 0 Å². The number of aromatic nitrogens is 1. The number of benzene rings is 1. The minimum Gasteiger partial charge on any atom is -0.338 e. The number of rotatable bonds is 3. The number of carbonyl (C=O) groups is 1. The van der Waals surface area contributed by atoms with E-state index in [1.54, 1.807) is 18.5 Å². The van der Waals surface area contributed by atoms with E-state index in [1.807, 2.05) is 23.1 Å². The van der Waals surface area contributed by atoms with Crippen molar-refractivity contribution in [2.24, 2.45) is 0 Å². The normalized spacial score (nSPS) is 18.6. The minimum absolute atomic E-state index is 0.0834. The van der Waals surface area contributed by atoms with E-state index in [0.717, 1.165) is 11.1 Å². The first-order chi connectivity index (χ1) is 9.72. The van der Waals surface area contributed by atoms with Crippen LogP contribution in [0.5, 0.6) is 0 Å². The molecule has 20 heavy (non-hydrogen) atoms. The molecule has 1 atom stereocenters. The van der Waals surface area contributed by atoms with Gasteiger partial charge in [0.1, 0.15) is 5.82 Å². The fourth-order valence-corrected chi connectivity index (χ4v) is 2.62. The quantitative estimate of drug-likeness (QED) is 0.859. The number of pyridine rings is 1. The van der Waals surface area contributed by atoms with Crippen LogP contribution in [0.2, 0.25) is 0 Å². The van der Waals surface area contributed by atoms with Gasteiger partial charge in [0.05, 0.1) is 0 Å². The summed E-state index contributed by atoms with van der Waals surface area (Å²) in [6.07, 6.45) is 3.90. The third-order valence-electron chi connectivity index (χ3n) is 3.66. The predicted molar refractivity (Wildman–Crippen MR) is 73.4 cm³/mol. The van der Waals surface area contributed by atoms with Gasteiger partial charge in [0.2, 0.25) is 5.91 Å². The molecular formula is C16H15FN2O. The Morgan fingerprint density at radius 1 is 1.25 bits per heavy atom. The molecule has 102 valence electrons. The fourth-order valence-electron chi connectivity index (χ4n) is 2.62. The van der Waals surface area contributed by atoms with E-state index in [0.29, 0.717) is 19.5 Å². The van der Waals surface area contributed by atoms with E-state index in [1.165, 1.54) is 12.1 Å². The topological polar surface area (TPSA) is 33.2 Å². The zero-order chi connectivity index (χ0) is 13.9. The van der Waals surface area contributed by atoms with Crippen molar-refractivity contribution in [3.05, 3.63) is 65.7 Å². The molecule has 3 rings (SSSR count). The average molecular weight is 270 g/mol. The van der Waals surface area contributed by atoms with Crippen LogP contribution in [0.4, 0.5) is 4.39 Å². The molecule has 4 heteroatoms. The SMILES string of the molecule is O=C1CC(c2cccc(F)c2)CN1Cc1ccncc1. The monoisotopic (exact) mass is 270 g/mol. The molecule has 1 saturated heterocycles. The Hall–Kier alpha value is -2.23. The molecule has 0 bridgehead atoms. The van der Waals surface area contributed by atoms with Crippen LogP contribution in [-0.2, 0) is 11.3 Å². The largest absolute Gasteiger partial charge is 0.338 e. The summed E-state index contributed by atoms with van der Waals surface area (Å²) in [5, 5.41) is 0. The highest BCUT2D eigenvalue weighted by Crippen LogP contribution is 2.29. The minimum atomic E-state index is -0.248. The van der Waals surface area contributed by atoms with E-state index >= 15 is 0 Å². The fraction of sp³-hybridized carbons (Fsp3) is 0.250. The summed E-state index contributed by atoms with van der Waals surface area (Å²) in [6.45, 7) is 1.23. The van der Waals surface area contributed by atoms with Crippen LogP contribution in [0.15, 0.2) is 48.8 Å². The number of likely N-dealkylation sites (tertiary alicyclic amines) is 1. The lowest BCUT2D eigenvalue weighted by Crippen LogP contribution is -2.24. The third kappa shape index (κ3) is 2.69.